The van der Waals surface area contributed by atoms with E-state index in [1.54, 1.807) is 0 Å². The molecule has 0 radical (unpaired) electrons. The number of aromatic nitrogens is 1. The van der Waals surface area contributed by atoms with E-state index in [0.717, 1.165) is 5.01 Å². The van der Waals surface area contributed by atoms with Crippen molar-refractivity contribution in [3.05, 3.63) is 16.1 Å². The molecule has 3 nitrogen and oxygen atoms in total. The van der Waals surface area contributed by atoms with Crippen LogP contribution in [0.3, 0.4) is 0 Å². The van der Waals surface area contributed by atoms with E-state index in [0.29, 0.717) is 25.7 Å². The lowest BCUT2D eigenvalue weighted by Crippen LogP contribution is -2.19. The molecule has 0 unspecified atom stereocenters. The van der Waals surface area contributed by atoms with Crippen molar-refractivity contribution in [2.75, 3.05) is 0 Å². The first-order chi connectivity index (χ1) is 8.08. The minimum Gasteiger partial charge on any atom is -0.476 e. The Hall–Kier alpha value is -1.04. The van der Waals surface area contributed by atoms with Crippen molar-refractivity contribution in [1.29, 1.82) is 0 Å². The van der Waals surface area contributed by atoms with Crippen LogP contribution in [-0.2, 0) is 0 Å². The smallest absolute Gasteiger partial charge is 0.355 e. The van der Waals surface area contributed by atoms with Crippen molar-refractivity contribution in [1.82, 2.24) is 4.98 Å². The molecule has 1 N–H and O–H groups in total. The van der Waals surface area contributed by atoms with Gasteiger partial charge in [0.25, 0.3) is 0 Å². The molecular formula is C11H13F2NO2S. The van der Waals surface area contributed by atoms with E-state index in [4.69, 9.17) is 5.11 Å². The Morgan fingerprint density at radius 1 is 1.41 bits per heavy atom. The number of rotatable bonds is 3. The van der Waals surface area contributed by atoms with Crippen molar-refractivity contribution in [2.45, 2.75) is 38.0 Å². The molecule has 6 heteroatoms. The number of nitrogens with zero attached hydrogens (tertiary/aromatic N) is 1. The summed E-state index contributed by atoms with van der Waals surface area (Å²) < 4.78 is 24.9. The summed E-state index contributed by atoms with van der Waals surface area (Å²) in [6, 6.07) is 0. The number of halogens is 2. The lowest BCUT2D eigenvalue weighted by atomic mass is 9.82. The Kier molecular flexibility index (Phi) is 3.71. The lowest BCUT2D eigenvalue weighted by molar-refractivity contribution is 0.0528. The summed E-state index contributed by atoms with van der Waals surface area (Å²) in [6.45, 7) is 0. The average Bonchev–Trinajstić information content (AvgIpc) is 2.78. The first-order valence-corrected chi connectivity index (χ1v) is 6.42. The van der Waals surface area contributed by atoms with Crippen LogP contribution in [0.4, 0.5) is 8.78 Å². The number of hydrogen-bond acceptors (Lipinski definition) is 3. The number of hydrogen-bond donors (Lipinski definition) is 1. The van der Waals surface area contributed by atoms with Gasteiger partial charge in [-0.3, -0.25) is 0 Å². The second-order valence-corrected chi connectivity index (χ2v) is 5.21. The SMILES string of the molecule is O=C(O)c1csc(C2CCC(C(F)F)CC2)n1. The zero-order valence-electron chi connectivity index (χ0n) is 9.10. The van der Waals surface area contributed by atoms with Crippen LogP contribution >= 0.6 is 11.3 Å². The summed E-state index contributed by atoms with van der Waals surface area (Å²) in [5, 5.41) is 11.0. The molecule has 1 aliphatic carbocycles. The fraction of sp³-hybridized carbons (Fsp3) is 0.636. The molecule has 1 fully saturated rings. The van der Waals surface area contributed by atoms with Crippen LogP contribution < -0.4 is 0 Å². The third kappa shape index (κ3) is 2.80. The van der Waals surface area contributed by atoms with E-state index in [-0.39, 0.29) is 11.6 Å². The predicted molar refractivity (Wildman–Crippen MR) is 59.8 cm³/mol. The minimum atomic E-state index is -2.23. The van der Waals surface area contributed by atoms with Crippen LogP contribution in [0.2, 0.25) is 0 Å². The number of carbonyl (C=O) groups is 1. The van der Waals surface area contributed by atoms with Gasteiger partial charge in [-0.25, -0.2) is 18.6 Å². The largest absolute Gasteiger partial charge is 0.476 e. The van der Waals surface area contributed by atoms with Gasteiger partial charge in [0.15, 0.2) is 5.69 Å². The van der Waals surface area contributed by atoms with Gasteiger partial charge in [-0.1, -0.05) is 0 Å². The molecule has 0 atom stereocenters. The molecule has 0 aliphatic heterocycles. The second kappa shape index (κ2) is 5.08. The van der Waals surface area contributed by atoms with Gasteiger partial charge < -0.3 is 5.11 Å². The van der Waals surface area contributed by atoms with Crippen LogP contribution in [0.25, 0.3) is 0 Å². The molecule has 0 spiro atoms. The highest BCUT2D eigenvalue weighted by molar-refractivity contribution is 7.09. The van der Waals surface area contributed by atoms with Crippen molar-refractivity contribution in [2.24, 2.45) is 5.92 Å². The maximum Gasteiger partial charge on any atom is 0.355 e. The molecular weight excluding hydrogens is 248 g/mol. The second-order valence-electron chi connectivity index (χ2n) is 4.32. The molecule has 0 aromatic carbocycles. The van der Waals surface area contributed by atoms with Crippen molar-refractivity contribution in [3.63, 3.8) is 0 Å². The van der Waals surface area contributed by atoms with Crippen LogP contribution in [0.5, 0.6) is 0 Å². The first-order valence-electron chi connectivity index (χ1n) is 5.54. The maximum absolute atomic E-state index is 12.5. The predicted octanol–water partition coefficient (Wildman–Crippen LogP) is 3.38. The van der Waals surface area contributed by atoms with E-state index in [1.807, 2.05) is 0 Å². The van der Waals surface area contributed by atoms with E-state index < -0.39 is 18.3 Å². The van der Waals surface area contributed by atoms with Crippen LogP contribution in [0.1, 0.15) is 47.1 Å². The molecule has 1 aliphatic rings. The molecule has 2 rings (SSSR count). The lowest BCUT2D eigenvalue weighted by Gasteiger charge is -2.26. The summed E-state index contributed by atoms with van der Waals surface area (Å²) in [5.41, 5.74) is 0.0565. The third-order valence-electron chi connectivity index (χ3n) is 3.22. The minimum absolute atomic E-state index is 0.0565. The maximum atomic E-state index is 12.5. The number of thiazole rings is 1. The van der Waals surface area contributed by atoms with Crippen LogP contribution in [0.15, 0.2) is 5.38 Å². The Morgan fingerprint density at radius 2 is 2.06 bits per heavy atom. The quantitative estimate of drug-likeness (QED) is 0.907. The molecule has 0 bridgehead atoms. The van der Waals surface area contributed by atoms with Crippen molar-refractivity contribution >= 4 is 17.3 Å². The van der Waals surface area contributed by atoms with E-state index in [2.05, 4.69) is 4.98 Å². The van der Waals surface area contributed by atoms with Gasteiger partial charge in [-0.15, -0.1) is 11.3 Å². The molecule has 1 aromatic rings. The molecule has 1 saturated carbocycles. The number of carboxylic acid groups (broad SMARTS) is 1. The Bertz CT molecular complexity index is 400. The number of carboxylic acids is 1. The van der Waals surface area contributed by atoms with Gasteiger partial charge >= 0.3 is 5.97 Å². The van der Waals surface area contributed by atoms with Crippen LogP contribution in [-0.4, -0.2) is 22.5 Å². The Morgan fingerprint density at radius 3 is 2.53 bits per heavy atom. The topological polar surface area (TPSA) is 50.2 Å². The van der Waals surface area contributed by atoms with E-state index in [1.165, 1.54) is 16.7 Å². The van der Waals surface area contributed by atoms with Gasteiger partial charge in [0.1, 0.15) is 0 Å². The summed E-state index contributed by atoms with van der Waals surface area (Å²) >= 11 is 1.31. The van der Waals surface area contributed by atoms with Gasteiger partial charge in [-0.2, -0.15) is 0 Å². The highest BCUT2D eigenvalue weighted by Gasteiger charge is 2.29. The highest BCUT2D eigenvalue weighted by atomic mass is 32.1. The zero-order valence-corrected chi connectivity index (χ0v) is 9.92. The molecule has 17 heavy (non-hydrogen) atoms. The number of aromatic carboxylic acids is 1. The van der Waals surface area contributed by atoms with E-state index >= 15 is 0 Å². The monoisotopic (exact) mass is 261 g/mol. The summed E-state index contributed by atoms with van der Waals surface area (Å²) in [5.74, 6) is -1.37. The van der Waals surface area contributed by atoms with Crippen LogP contribution in [0, 0.1) is 5.92 Å². The normalized spacial score (nSPS) is 25.1. The standard InChI is InChI=1S/C11H13F2NO2S/c12-9(13)6-1-3-7(4-2-6)10-14-8(5-17-10)11(15)16/h5-7,9H,1-4H2,(H,15,16). The summed E-state index contributed by atoms with van der Waals surface area (Å²) in [6.07, 6.45) is 0.138. The zero-order chi connectivity index (χ0) is 12.4. The molecule has 0 saturated heterocycles. The molecule has 94 valence electrons. The first kappa shape index (κ1) is 12.4. The van der Waals surface area contributed by atoms with Gasteiger partial charge in [-0.05, 0) is 25.7 Å². The third-order valence-corrected chi connectivity index (χ3v) is 4.23. The Balaban J connectivity index is 1.98. The molecule has 0 amide bonds. The molecule has 1 aromatic heterocycles. The summed E-state index contributed by atoms with van der Waals surface area (Å²) in [7, 11) is 0. The Labute approximate surface area is 101 Å². The summed E-state index contributed by atoms with van der Waals surface area (Å²) in [4.78, 5) is 14.7. The highest BCUT2D eigenvalue weighted by Crippen LogP contribution is 2.38. The van der Waals surface area contributed by atoms with Gasteiger partial charge in [0.2, 0.25) is 6.43 Å². The average molecular weight is 261 g/mol. The van der Waals surface area contributed by atoms with Crippen molar-refractivity contribution < 1.29 is 18.7 Å². The number of alkyl halides is 2. The fourth-order valence-corrected chi connectivity index (χ4v) is 3.16. The van der Waals surface area contributed by atoms with E-state index in [9.17, 15) is 13.6 Å². The van der Waals surface area contributed by atoms with Crippen molar-refractivity contribution in [3.8, 4) is 0 Å². The van der Waals surface area contributed by atoms with Gasteiger partial charge in [0.05, 0.1) is 5.01 Å². The van der Waals surface area contributed by atoms with Gasteiger partial charge in [0, 0.05) is 17.2 Å². The molecule has 1 heterocycles. The fourth-order valence-electron chi connectivity index (χ4n) is 2.19.